The van der Waals surface area contributed by atoms with Gasteiger partial charge in [0.2, 0.25) is 0 Å². The number of hydrogen-bond donors (Lipinski definition) is 2. The molecule has 1 amide bonds. The van der Waals surface area contributed by atoms with Crippen LogP contribution in [0.1, 0.15) is 10.6 Å². The minimum absolute atomic E-state index is 0.0242. The topological polar surface area (TPSA) is 54.3 Å². The van der Waals surface area contributed by atoms with E-state index >= 15 is 0 Å². The molecule has 2 N–H and O–H groups in total. The van der Waals surface area contributed by atoms with Crippen LogP contribution in [0, 0.1) is 11.6 Å². The SMILES string of the molecule is O=C(NC(=S)Nc1c(F)cc(F)cc1Br)c1ccc(-c2ccc(Cl)c(Cl)c2)o1. The van der Waals surface area contributed by atoms with Crippen LogP contribution >= 0.6 is 51.3 Å². The Bertz CT molecular complexity index is 1070. The lowest BCUT2D eigenvalue weighted by Crippen LogP contribution is -2.34. The molecule has 2 aromatic carbocycles. The predicted molar refractivity (Wildman–Crippen MR) is 112 cm³/mol. The van der Waals surface area contributed by atoms with Gasteiger partial charge in [-0.3, -0.25) is 10.1 Å². The number of anilines is 1. The van der Waals surface area contributed by atoms with E-state index in [9.17, 15) is 13.6 Å². The molecule has 0 radical (unpaired) electrons. The van der Waals surface area contributed by atoms with Crippen molar-refractivity contribution in [3.05, 3.63) is 74.4 Å². The van der Waals surface area contributed by atoms with Crippen molar-refractivity contribution >= 4 is 68.1 Å². The Kier molecular flexibility index (Phi) is 6.34. The quantitative estimate of drug-likeness (QED) is 0.403. The first-order chi connectivity index (χ1) is 13.2. The van der Waals surface area contributed by atoms with Gasteiger partial charge in [0.25, 0.3) is 5.91 Å². The van der Waals surface area contributed by atoms with E-state index in [1.54, 1.807) is 24.3 Å². The highest BCUT2D eigenvalue weighted by atomic mass is 79.9. The number of carbonyl (C=O) groups excluding carboxylic acids is 1. The van der Waals surface area contributed by atoms with Crippen molar-refractivity contribution in [1.29, 1.82) is 0 Å². The highest BCUT2D eigenvalue weighted by molar-refractivity contribution is 9.10. The molecular formula is C18H9BrCl2F2N2O2S. The molecule has 1 aromatic heterocycles. The maximum absolute atomic E-state index is 13.8. The van der Waals surface area contributed by atoms with Gasteiger partial charge >= 0.3 is 0 Å². The third kappa shape index (κ3) is 4.70. The summed E-state index contributed by atoms with van der Waals surface area (Å²) in [5.41, 5.74) is 0.522. The molecule has 10 heteroatoms. The zero-order chi connectivity index (χ0) is 20.4. The first-order valence-corrected chi connectivity index (χ1v) is 9.52. The number of hydrogen-bond acceptors (Lipinski definition) is 3. The molecule has 0 unspecified atom stereocenters. The molecular weight excluding hydrogens is 497 g/mol. The summed E-state index contributed by atoms with van der Waals surface area (Å²) in [7, 11) is 0. The van der Waals surface area contributed by atoms with E-state index in [0.29, 0.717) is 27.4 Å². The van der Waals surface area contributed by atoms with Gasteiger partial charge in [-0.15, -0.1) is 0 Å². The van der Waals surface area contributed by atoms with E-state index in [1.165, 1.54) is 6.07 Å². The summed E-state index contributed by atoms with van der Waals surface area (Å²) in [5.74, 6) is -1.90. The molecule has 0 atom stereocenters. The van der Waals surface area contributed by atoms with Gasteiger partial charge in [-0.1, -0.05) is 23.2 Å². The minimum Gasteiger partial charge on any atom is -0.451 e. The summed E-state index contributed by atoms with van der Waals surface area (Å²) in [6.45, 7) is 0. The van der Waals surface area contributed by atoms with Gasteiger partial charge in [-0.2, -0.15) is 0 Å². The van der Waals surface area contributed by atoms with Crippen molar-refractivity contribution in [3.63, 3.8) is 0 Å². The molecule has 4 nitrogen and oxygen atoms in total. The Balaban J connectivity index is 1.71. The molecule has 144 valence electrons. The van der Waals surface area contributed by atoms with Crippen LogP contribution in [0.25, 0.3) is 11.3 Å². The highest BCUT2D eigenvalue weighted by Gasteiger charge is 2.16. The zero-order valence-electron chi connectivity index (χ0n) is 13.7. The fourth-order valence-corrected chi connectivity index (χ4v) is 3.24. The van der Waals surface area contributed by atoms with Crippen molar-refractivity contribution < 1.29 is 18.0 Å². The average molecular weight is 506 g/mol. The number of halogens is 5. The number of benzene rings is 2. The van der Waals surface area contributed by atoms with E-state index in [1.807, 2.05) is 0 Å². The summed E-state index contributed by atoms with van der Waals surface area (Å²) in [6.07, 6.45) is 0. The number of rotatable bonds is 3. The third-order valence-electron chi connectivity index (χ3n) is 3.51. The van der Waals surface area contributed by atoms with Gasteiger partial charge in [-0.25, -0.2) is 8.78 Å². The van der Waals surface area contributed by atoms with Gasteiger partial charge in [0.15, 0.2) is 16.7 Å². The molecule has 0 aliphatic heterocycles. The maximum Gasteiger partial charge on any atom is 0.293 e. The second kappa shape index (κ2) is 8.57. The van der Waals surface area contributed by atoms with E-state index in [-0.39, 0.29) is 21.0 Å². The maximum atomic E-state index is 13.8. The molecule has 28 heavy (non-hydrogen) atoms. The number of amides is 1. The van der Waals surface area contributed by atoms with Crippen LogP contribution in [0.2, 0.25) is 10.0 Å². The normalized spacial score (nSPS) is 10.6. The first-order valence-electron chi connectivity index (χ1n) is 7.56. The van der Waals surface area contributed by atoms with Crippen LogP contribution in [0.4, 0.5) is 14.5 Å². The molecule has 3 rings (SSSR count). The highest BCUT2D eigenvalue weighted by Crippen LogP contribution is 2.30. The second-order valence-electron chi connectivity index (χ2n) is 5.45. The summed E-state index contributed by atoms with van der Waals surface area (Å²) >= 11 is 19.9. The molecule has 0 aliphatic rings. The molecule has 3 aromatic rings. The number of nitrogens with one attached hydrogen (secondary N) is 2. The van der Waals surface area contributed by atoms with Crippen molar-refractivity contribution in [3.8, 4) is 11.3 Å². The largest absolute Gasteiger partial charge is 0.451 e. The number of thiocarbonyl (C=S) groups is 1. The van der Waals surface area contributed by atoms with E-state index in [2.05, 4.69) is 26.6 Å². The van der Waals surface area contributed by atoms with Crippen LogP contribution in [-0.2, 0) is 0 Å². The number of carbonyl (C=O) groups is 1. The smallest absolute Gasteiger partial charge is 0.293 e. The number of furan rings is 1. The summed E-state index contributed by atoms with van der Waals surface area (Å²) < 4.78 is 32.6. The molecule has 0 fully saturated rings. The Morgan fingerprint density at radius 1 is 1.07 bits per heavy atom. The molecule has 0 aliphatic carbocycles. The average Bonchev–Trinajstić information content (AvgIpc) is 3.10. The van der Waals surface area contributed by atoms with Gasteiger partial charge in [-0.05, 0) is 64.5 Å². The van der Waals surface area contributed by atoms with Crippen LogP contribution in [0.3, 0.4) is 0 Å². The molecule has 0 saturated carbocycles. The van der Waals surface area contributed by atoms with Gasteiger partial charge in [0, 0.05) is 16.1 Å². The van der Waals surface area contributed by atoms with Gasteiger partial charge in [0.1, 0.15) is 11.6 Å². The summed E-state index contributed by atoms with van der Waals surface area (Å²) in [6, 6.07) is 9.68. The van der Waals surface area contributed by atoms with E-state index in [0.717, 1.165) is 6.07 Å². The fraction of sp³-hybridized carbons (Fsp3) is 0. The molecule has 0 saturated heterocycles. The third-order valence-corrected chi connectivity index (χ3v) is 5.07. The monoisotopic (exact) mass is 504 g/mol. The molecule has 1 heterocycles. The van der Waals surface area contributed by atoms with Crippen molar-refractivity contribution in [2.24, 2.45) is 0 Å². The lowest BCUT2D eigenvalue weighted by Gasteiger charge is -2.11. The van der Waals surface area contributed by atoms with Crippen molar-refractivity contribution in [2.75, 3.05) is 5.32 Å². The summed E-state index contributed by atoms with van der Waals surface area (Å²) in [4.78, 5) is 12.3. The van der Waals surface area contributed by atoms with E-state index in [4.69, 9.17) is 39.8 Å². The van der Waals surface area contributed by atoms with Crippen LogP contribution < -0.4 is 10.6 Å². The fourth-order valence-electron chi connectivity index (χ4n) is 2.24. The van der Waals surface area contributed by atoms with E-state index < -0.39 is 17.5 Å². The Morgan fingerprint density at radius 2 is 1.82 bits per heavy atom. The van der Waals surface area contributed by atoms with Crippen molar-refractivity contribution in [1.82, 2.24) is 5.32 Å². The second-order valence-corrected chi connectivity index (χ2v) is 7.52. The van der Waals surface area contributed by atoms with Gasteiger partial charge in [0.05, 0.1) is 15.7 Å². The Hall–Kier alpha value is -2.00. The van der Waals surface area contributed by atoms with Crippen LogP contribution in [0.5, 0.6) is 0 Å². The summed E-state index contributed by atoms with van der Waals surface area (Å²) in [5, 5.41) is 5.40. The Morgan fingerprint density at radius 3 is 2.50 bits per heavy atom. The van der Waals surface area contributed by atoms with Crippen molar-refractivity contribution in [2.45, 2.75) is 0 Å². The van der Waals surface area contributed by atoms with Crippen LogP contribution in [0.15, 0.2) is 51.4 Å². The lowest BCUT2D eigenvalue weighted by molar-refractivity contribution is 0.0951. The molecule has 0 spiro atoms. The predicted octanol–water partition coefficient (Wildman–Crippen LogP) is 6.42. The van der Waals surface area contributed by atoms with Gasteiger partial charge < -0.3 is 9.73 Å². The molecule has 0 bridgehead atoms. The zero-order valence-corrected chi connectivity index (χ0v) is 17.6. The standard InChI is InChI=1S/C18H9BrCl2F2N2O2S/c19-10-6-9(22)7-13(23)16(10)24-18(28)25-17(26)15-4-3-14(27-15)8-1-2-11(20)12(21)5-8/h1-7H,(H2,24,25,26,28). The lowest BCUT2D eigenvalue weighted by atomic mass is 10.2. The van der Waals surface area contributed by atoms with Crippen LogP contribution in [-0.4, -0.2) is 11.0 Å². The first kappa shape index (κ1) is 20.7. The minimum atomic E-state index is -0.872. The Labute approximate surface area is 181 Å².